The molecule has 2 aromatic heterocycles. The molecular formula is C54H36N2. The van der Waals surface area contributed by atoms with E-state index in [1.165, 1.54) is 88.1 Å². The molecule has 0 aliphatic carbocycles. The quantitative estimate of drug-likeness (QED) is 0.162. The Hall–Kier alpha value is -7.42. The topological polar surface area (TPSA) is 9.86 Å². The minimum absolute atomic E-state index is 1.14. The number of fused-ring (bicyclic) bond motifs is 6. The molecule has 2 heterocycles. The molecule has 0 N–H and O–H groups in total. The highest BCUT2D eigenvalue weighted by Gasteiger charge is 2.20. The van der Waals surface area contributed by atoms with Gasteiger partial charge in [-0.2, -0.15) is 0 Å². The first-order chi connectivity index (χ1) is 27.8. The second-order valence-electron chi connectivity index (χ2n) is 14.5. The summed E-state index contributed by atoms with van der Waals surface area (Å²) >= 11 is 0. The maximum atomic E-state index is 2.43. The number of rotatable bonds is 6. The molecule has 0 saturated heterocycles. The molecule has 0 amide bonds. The predicted octanol–water partition coefficient (Wildman–Crippen LogP) is 14.5. The van der Waals surface area contributed by atoms with Crippen LogP contribution >= 0.6 is 0 Å². The van der Waals surface area contributed by atoms with Gasteiger partial charge in [0, 0.05) is 32.9 Å². The SMILES string of the molecule is c1ccc(-c2cc(-c3ccccc3)cc(-c3ccc(-n4c5ccccc5c5c(-c6cccc7c6c6ccccc6n7-c6ccccc6)cccc54)cc3)c2)cc1. The van der Waals surface area contributed by atoms with E-state index < -0.39 is 0 Å². The van der Waals surface area contributed by atoms with Crippen LogP contribution in [0.15, 0.2) is 218 Å². The third-order valence-electron chi connectivity index (χ3n) is 11.3. The Morgan fingerprint density at radius 2 is 0.589 bits per heavy atom. The van der Waals surface area contributed by atoms with E-state index in [1.807, 2.05) is 0 Å². The largest absolute Gasteiger partial charge is 0.309 e. The average Bonchev–Trinajstić information content (AvgIpc) is 3.81. The van der Waals surface area contributed by atoms with E-state index >= 15 is 0 Å². The minimum atomic E-state index is 1.14. The summed E-state index contributed by atoms with van der Waals surface area (Å²) in [6.07, 6.45) is 0. The smallest absolute Gasteiger partial charge is 0.0547 e. The van der Waals surface area contributed by atoms with Gasteiger partial charge in [0.1, 0.15) is 0 Å². The summed E-state index contributed by atoms with van der Waals surface area (Å²) in [5.74, 6) is 0. The maximum Gasteiger partial charge on any atom is 0.0547 e. The fourth-order valence-corrected chi connectivity index (χ4v) is 8.81. The van der Waals surface area contributed by atoms with Crippen molar-refractivity contribution in [3.05, 3.63) is 218 Å². The molecule has 9 aromatic carbocycles. The van der Waals surface area contributed by atoms with Gasteiger partial charge in [-0.3, -0.25) is 0 Å². The molecule has 11 aromatic rings. The van der Waals surface area contributed by atoms with Crippen LogP contribution in [0, 0.1) is 0 Å². The summed E-state index contributed by atoms with van der Waals surface area (Å²) in [6.45, 7) is 0. The Kier molecular flexibility index (Phi) is 7.53. The number of benzene rings is 9. The zero-order valence-corrected chi connectivity index (χ0v) is 30.7. The summed E-state index contributed by atoms with van der Waals surface area (Å²) in [6, 6.07) is 79.3. The number of nitrogens with zero attached hydrogens (tertiary/aromatic N) is 2. The van der Waals surface area contributed by atoms with E-state index in [2.05, 4.69) is 228 Å². The van der Waals surface area contributed by atoms with Gasteiger partial charge in [-0.15, -0.1) is 0 Å². The monoisotopic (exact) mass is 712 g/mol. The van der Waals surface area contributed by atoms with Crippen LogP contribution in [0.25, 0.3) is 99.5 Å². The summed E-state index contributed by atoms with van der Waals surface area (Å²) in [5.41, 5.74) is 16.8. The van der Waals surface area contributed by atoms with E-state index in [0.29, 0.717) is 0 Å². The lowest BCUT2D eigenvalue weighted by Crippen LogP contribution is -1.94. The lowest BCUT2D eigenvalue weighted by atomic mass is 9.93. The van der Waals surface area contributed by atoms with Gasteiger partial charge in [0.2, 0.25) is 0 Å². The van der Waals surface area contributed by atoms with Crippen molar-refractivity contribution < 1.29 is 0 Å². The zero-order chi connectivity index (χ0) is 37.0. The molecule has 2 nitrogen and oxygen atoms in total. The second kappa shape index (κ2) is 13.2. The second-order valence-corrected chi connectivity index (χ2v) is 14.5. The van der Waals surface area contributed by atoms with Crippen LogP contribution in [0.3, 0.4) is 0 Å². The Bertz CT molecular complexity index is 3150. The number of para-hydroxylation sites is 3. The van der Waals surface area contributed by atoms with E-state index in [-0.39, 0.29) is 0 Å². The Morgan fingerprint density at radius 3 is 1.05 bits per heavy atom. The van der Waals surface area contributed by atoms with Crippen LogP contribution in [0.2, 0.25) is 0 Å². The third-order valence-corrected chi connectivity index (χ3v) is 11.3. The molecule has 56 heavy (non-hydrogen) atoms. The summed E-state index contributed by atoms with van der Waals surface area (Å²) in [4.78, 5) is 0. The highest BCUT2D eigenvalue weighted by atomic mass is 15.0. The fraction of sp³-hybridized carbons (Fsp3) is 0. The van der Waals surface area contributed by atoms with E-state index in [4.69, 9.17) is 0 Å². The molecule has 0 atom stereocenters. The van der Waals surface area contributed by atoms with Crippen LogP contribution in [-0.2, 0) is 0 Å². The molecule has 262 valence electrons. The van der Waals surface area contributed by atoms with Crippen molar-refractivity contribution in [2.75, 3.05) is 0 Å². The van der Waals surface area contributed by atoms with Crippen LogP contribution in [0.4, 0.5) is 0 Å². The average molecular weight is 713 g/mol. The van der Waals surface area contributed by atoms with Gasteiger partial charge < -0.3 is 9.13 Å². The molecule has 0 spiro atoms. The van der Waals surface area contributed by atoms with E-state index in [0.717, 1.165) is 11.4 Å². The summed E-state index contributed by atoms with van der Waals surface area (Å²) < 4.78 is 4.83. The third kappa shape index (κ3) is 5.19. The zero-order valence-electron chi connectivity index (χ0n) is 30.7. The van der Waals surface area contributed by atoms with Crippen molar-refractivity contribution in [3.63, 3.8) is 0 Å². The van der Waals surface area contributed by atoms with E-state index in [1.54, 1.807) is 0 Å². The van der Waals surface area contributed by atoms with Crippen LogP contribution in [0.5, 0.6) is 0 Å². The number of aromatic nitrogens is 2. The first-order valence-electron chi connectivity index (χ1n) is 19.3. The maximum absolute atomic E-state index is 2.43. The molecule has 11 rings (SSSR count). The summed E-state index contributed by atoms with van der Waals surface area (Å²) in [5, 5.41) is 5.03. The van der Waals surface area contributed by atoms with Crippen molar-refractivity contribution in [2.45, 2.75) is 0 Å². The molecule has 0 fully saturated rings. The van der Waals surface area contributed by atoms with Gasteiger partial charge in [-0.05, 0) is 111 Å². The van der Waals surface area contributed by atoms with Crippen molar-refractivity contribution in [2.24, 2.45) is 0 Å². The fourth-order valence-electron chi connectivity index (χ4n) is 8.81. The van der Waals surface area contributed by atoms with Crippen LogP contribution in [-0.4, -0.2) is 9.13 Å². The molecule has 0 radical (unpaired) electrons. The highest BCUT2D eigenvalue weighted by molar-refractivity contribution is 6.22. The Labute approximate surface area is 325 Å². The van der Waals surface area contributed by atoms with Gasteiger partial charge in [0.15, 0.2) is 0 Å². The Morgan fingerprint density at radius 1 is 0.232 bits per heavy atom. The molecule has 0 unspecified atom stereocenters. The van der Waals surface area contributed by atoms with Crippen LogP contribution < -0.4 is 0 Å². The van der Waals surface area contributed by atoms with Gasteiger partial charge in [0.25, 0.3) is 0 Å². The Balaban J connectivity index is 1.08. The highest BCUT2D eigenvalue weighted by Crippen LogP contribution is 2.44. The van der Waals surface area contributed by atoms with Gasteiger partial charge in [-0.25, -0.2) is 0 Å². The lowest BCUT2D eigenvalue weighted by Gasteiger charge is -2.13. The van der Waals surface area contributed by atoms with Crippen molar-refractivity contribution in [1.29, 1.82) is 0 Å². The molecule has 0 saturated carbocycles. The molecule has 0 aliphatic heterocycles. The van der Waals surface area contributed by atoms with Crippen molar-refractivity contribution in [3.8, 4) is 55.9 Å². The van der Waals surface area contributed by atoms with Crippen molar-refractivity contribution in [1.82, 2.24) is 9.13 Å². The number of hydrogen-bond acceptors (Lipinski definition) is 0. The minimum Gasteiger partial charge on any atom is -0.309 e. The lowest BCUT2D eigenvalue weighted by molar-refractivity contribution is 1.18. The molecule has 2 heteroatoms. The number of hydrogen-bond donors (Lipinski definition) is 0. The standard InChI is InChI=1S/C54H36N2/c1-4-16-37(17-5-1)40-34-41(38-18-6-2-7-19-38)36-42(35-40)39-30-32-44(33-31-39)56-50-27-13-11-23-48(50)54-46(25-15-29-52(54)56)45-24-14-28-51-53(45)47-22-10-12-26-49(47)55(51)43-20-8-3-9-21-43/h1-36H. The molecule has 0 bridgehead atoms. The first kappa shape index (κ1) is 32.0. The van der Waals surface area contributed by atoms with Gasteiger partial charge in [-0.1, -0.05) is 152 Å². The van der Waals surface area contributed by atoms with Crippen LogP contribution in [0.1, 0.15) is 0 Å². The normalized spacial score (nSPS) is 11.6. The van der Waals surface area contributed by atoms with E-state index in [9.17, 15) is 0 Å². The summed E-state index contributed by atoms with van der Waals surface area (Å²) in [7, 11) is 0. The van der Waals surface area contributed by atoms with Gasteiger partial charge in [0.05, 0.1) is 22.1 Å². The first-order valence-corrected chi connectivity index (χ1v) is 19.3. The predicted molar refractivity (Wildman–Crippen MR) is 237 cm³/mol. The molecule has 0 aliphatic rings. The van der Waals surface area contributed by atoms with Crippen molar-refractivity contribution >= 4 is 43.6 Å². The van der Waals surface area contributed by atoms with Gasteiger partial charge >= 0.3 is 0 Å². The molecular weight excluding hydrogens is 677 g/mol.